The molecule has 0 unspecified atom stereocenters. The van der Waals surface area contributed by atoms with E-state index in [2.05, 4.69) is 53.6 Å². The van der Waals surface area contributed by atoms with Gasteiger partial charge in [0, 0.05) is 19.1 Å². The Hall–Kier alpha value is -1.88. The molecule has 2 N–H and O–H groups in total. The summed E-state index contributed by atoms with van der Waals surface area (Å²) in [6.07, 6.45) is 2.24. The van der Waals surface area contributed by atoms with Crippen molar-refractivity contribution in [3.05, 3.63) is 35.4 Å². The zero-order valence-corrected chi connectivity index (χ0v) is 15.8. The highest BCUT2D eigenvalue weighted by Gasteiger charge is 2.30. The molecular weight excluding hydrogens is 314 g/mol. The van der Waals surface area contributed by atoms with Crippen LogP contribution in [0.2, 0.25) is 0 Å². The van der Waals surface area contributed by atoms with E-state index in [4.69, 9.17) is 0 Å². The topological polar surface area (TPSA) is 61.4 Å². The molecule has 3 amide bonds. The van der Waals surface area contributed by atoms with Crippen molar-refractivity contribution in [2.24, 2.45) is 5.92 Å². The molecule has 0 heterocycles. The first-order valence-corrected chi connectivity index (χ1v) is 9.25. The average molecular weight is 345 g/mol. The number of nitrogens with zero attached hydrogens (tertiary/aromatic N) is 1. The summed E-state index contributed by atoms with van der Waals surface area (Å²) in [4.78, 5) is 26.0. The number of nitrogens with one attached hydrogen (secondary N) is 2. The lowest BCUT2D eigenvalue weighted by molar-refractivity contribution is -0.121. The highest BCUT2D eigenvalue weighted by Crippen LogP contribution is 2.28. The van der Waals surface area contributed by atoms with E-state index in [9.17, 15) is 9.59 Å². The van der Waals surface area contributed by atoms with Gasteiger partial charge in [-0.2, -0.15) is 0 Å². The van der Waals surface area contributed by atoms with Gasteiger partial charge in [-0.05, 0) is 35.8 Å². The molecule has 25 heavy (non-hydrogen) atoms. The number of urea groups is 1. The summed E-state index contributed by atoms with van der Waals surface area (Å²) in [6.45, 7) is 9.95. The van der Waals surface area contributed by atoms with Gasteiger partial charge in [0.05, 0.1) is 6.54 Å². The monoisotopic (exact) mass is 345 g/mol. The molecule has 0 aromatic heterocycles. The molecule has 0 atom stereocenters. The van der Waals surface area contributed by atoms with Crippen LogP contribution in [0.25, 0.3) is 0 Å². The van der Waals surface area contributed by atoms with Gasteiger partial charge in [-0.15, -0.1) is 0 Å². The zero-order chi connectivity index (χ0) is 18.4. The summed E-state index contributed by atoms with van der Waals surface area (Å²) < 4.78 is 0. The first kappa shape index (κ1) is 19.4. The number of carbonyl (C=O) groups excluding carboxylic acids is 2. The summed E-state index contributed by atoms with van der Waals surface area (Å²) in [6, 6.07) is 8.63. The lowest BCUT2D eigenvalue weighted by Crippen LogP contribution is -2.45. The van der Waals surface area contributed by atoms with Gasteiger partial charge in [-0.1, -0.05) is 52.0 Å². The lowest BCUT2D eigenvalue weighted by Gasteiger charge is -2.21. The fourth-order valence-corrected chi connectivity index (χ4v) is 2.69. The SMILES string of the molecule is CC(C)CNC(=O)NC(=O)CN(Cc1ccc(C(C)C)cc1)C1CC1. The number of rotatable bonds is 8. The molecule has 0 bridgehead atoms. The Morgan fingerprint density at radius 1 is 1.12 bits per heavy atom. The Kier molecular flexibility index (Phi) is 7.00. The summed E-state index contributed by atoms with van der Waals surface area (Å²) in [7, 11) is 0. The molecule has 5 nitrogen and oxygen atoms in total. The minimum atomic E-state index is -0.407. The van der Waals surface area contributed by atoms with Crippen LogP contribution in [0, 0.1) is 5.92 Å². The first-order valence-electron chi connectivity index (χ1n) is 9.25. The molecule has 1 aliphatic rings. The molecule has 1 fully saturated rings. The lowest BCUT2D eigenvalue weighted by atomic mass is 10.0. The summed E-state index contributed by atoms with van der Waals surface area (Å²) in [5, 5.41) is 5.14. The molecule has 0 aliphatic heterocycles. The quantitative estimate of drug-likeness (QED) is 0.760. The van der Waals surface area contributed by atoms with E-state index in [0.29, 0.717) is 24.4 Å². The maximum atomic E-state index is 12.2. The maximum Gasteiger partial charge on any atom is 0.321 e. The van der Waals surface area contributed by atoms with Gasteiger partial charge >= 0.3 is 6.03 Å². The Bertz CT molecular complexity index is 577. The van der Waals surface area contributed by atoms with Crippen molar-refractivity contribution in [3.63, 3.8) is 0 Å². The Balaban J connectivity index is 1.86. The standard InChI is InChI=1S/C20H31N3O2/c1-14(2)11-21-20(25)22-19(24)13-23(18-9-10-18)12-16-5-7-17(8-6-16)15(3)4/h5-8,14-15,18H,9-13H2,1-4H3,(H2,21,22,24,25). The molecule has 2 rings (SSSR count). The average Bonchev–Trinajstić information content (AvgIpc) is 3.37. The first-order chi connectivity index (χ1) is 11.8. The van der Waals surface area contributed by atoms with E-state index >= 15 is 0 Å². The number of hydrogen-bond donors (Lipinski definition) is 2. The highest BCUT2D eigenvalue weighted by atomic mass is 16.2. The molecule has 0 spiro atoms. The van der Waals surface area contributed by atoms with Gasteiger partial charge in [0.2, 0.25) is 5.91 Å². The fraction of sp³-hybridized carbons (Fsp3) is 0.600. The minimum absolute atomic E-state index is 0.244. The van der Waals surface area contributed by atoms with Crippen LogP contribution in [0.5, 0.6) is 0 Å². The van der Waals surface area contributed by atoms with Crippen molar-refractivity contribution in [1.82, 2.24) is 15.5 Å². The maximum absolute atomic E-state index is 12.2. The Morgan fingerprint density at radius 3 is 2.28 bits per heavy atom. The van der Waals surface area contributed by atoms with Gasteiger partial charge in [-0.3, -0.25) is 15.0 Å². The number of imide groups is 1. The Morgan fingerprint density at radius 2 is 1.76 bits per heavy atom. The van der Waals surface area contributed by atoms with Gasteiger partial charge in [0.25, 0.3) is 0 Å². The fourth-order valence-electron chi connectivity index (χ4n) is 2.69. The van der Waals surface area contributed by atoms with Crippen LogP contribution in [-0.2, 0) is 11.3 Å². The van der Waals surface area contributed by atoms with Crippen molar-refractivity contribution < 1.29 is 9.59 Å². The van der Waals surface area contributed by atoms with Crippen LogP contribution >= 0.6 is 0 Å². The molecule has 1 saturated carbocycles. The van der Waals surface area contributed by atoms with E-state index in [1.54, 1.807) is 0 Å². The second kappa shape index (κ2) is 8.99. The largest absolute Gasteiger partial charge is 0.338 e. The predicted octanol–water partition coefficient (Wildman–Crippen LogP) is 3.26. The normalized spacial score (nSPS) is 14.2. The smallest absolute Gasteiger partial charge is 0.321 e. The third-order valence-corrected chi connectivity index (χ3v) is 4.37. The predicted molar refractivity (Wildman–Crippen MR) is 100 cm³/mol. The van der Waals surface area contributed by atoms with Crippen LogP contribution in [0.1, 0.15) is 57.6 Å². The Labute approximate surface area is 151 Å². The second-order valence-electron chi connectivity index (χ2n) is 7.68. The van der Waals surface area contributed by atoms with E-state index in [1.165, 1.54) is 11.1 Å². The van der Waals surface area contributed by atoms with Crippen molar-refractivity contribution in [2.75, 3.05) is 13.1 Å². The highest BCUT2D eigenvalue weighted by molar-refractivity contribution is 5.95. The van der Waals surface area contributed by atoms with Crippen LogP contribution in [-0.4, -0.2) is 36.0 Å². The van der Waals surface area contributed by atoms with E-state index in [0.717, 1.165) is 19.4 Å². The molecule has 1 aromatic rings. The number of carbonyl (C=O) groups is 2. The molecule has 0 saturated heterocycles. The van der Waals surface area contributed by atoms with Crippen LogP contribution < -0.4 is 10.6 Å². The molecule has 0 radical (unpaired) electrons. The van der Waals surface area contributed by atoms with Gasteiger partial charge < -0.3 is 5.32 Å². The van der Waals surface area contributed by atoms with E-state index < -0.39 is 6.03 Å². The van der Waals surface area contributed by atoms with Crippen LogP contribution in [0.4, 0.5) is 4.79 Å². The third-order valence-electron chi connectivity index (χ3n) is 4.37. The van der Waals surface area contributed by atoms with Gasteiger partial charge in [-0.25, -0.2) is 4.79 Å². The van der Waals surface area contributed by atoms with Crippen molar-refractivity contribution >= 4 is 11.9 Å². The number of benzene rings is 1. The summed E-state index contributed by atoms with van der Waals surface area (Å²) in [5.41, 5.74) is 2.52. The second-order valence-corrected chi connectivity index (χ2v) is 7.68. The van der Waals surface area contributed by atoms with Gasteiger partial charge in [0.1, 0.15) is 0 Å². The van der Waals surface area contributed by atoms with Gasteiger partial charge in [0.15, 0.2) is 0 Å². The number of amides is 3. The van der Waals surface area contributed by atoms with Crippen molar-refractivity contribution in [1.29, 1.82) is 0 Å². The molecule has 1 aliphatic carbocycles. The van der Waals surface area contributed by atoms with Crippen molar-refractivity contribution in [2.45, 2.75) is 59.0 Å². The van der Waals surface area contributed by atoms with E-state index in [-0.39, 0.29) is 12.5 Å². The summed E-state index contributed by atoms with van der Waals surface area (Å²) >= 11 is 0. The molecule has 1 aromatic carbocycles. The molecular formula is C20H31N3O2. The third kappa shape index (κ3) is 6.86. The summed E-state index contributed by atoms with van der Waals surface area (Å²) in [5.74, 6) is 0.633. The molecule has 138 valence electrons. The van der Waals surface area contributed by atoms with Crippen LogP contribution in [0.15, 0.2) is 24.3 Å². The zero-order valence-electron chi connectivity index (χ0n) is 15.8. The molecule has 5 heteroatoms. The number of hydrogen-bond acceptors (Lipinski definition) is 3. The van der Waals surface area contributed by atoms with Crippen LogP contribution in [0.3, 0.4) is 0 Å². The van der Waals surface area contributed by atoms with Crippen molar-refractivity contribution in [3.8, 4) is 0 Å². The minimum Gasteiger partial charge on any atom is -0.338 e. The van der Waals surface area contributed by atoms with E-state index in [1.807, 2.05) is 13.8 Å².